The predicted octanol–water partition coefficient (Wildman–Crippen LogP) is 9.51. The number of nitriles is 1. The SMILES string of the molecule is [2H]c1c([2H])c([2H])c(-c2ccc3c(c2)c2ccccc2n3-c2ccc(C#N)cc2-c2nc(-c3ccccc3)nc(-c3ccccc3)n2)c([2H])c1[2H]. The highest BCUT2D eigenvalue weighted by Crippen LogP contribution is 2.38. The van der Waals surface area contributed by atoms with Gasteiger partial charge in [-0.25, -0.2) is 15.0 Å². The smallest absolute Gasteiger partial charge is 0.166 e. The fraction of sp³-hybridized carbons (Fsp3) is 0. The molecule has 2 heterocycles. The first kappa shape index (κ1) is 21.3. The van der Waals surface area contributed by atoms with E-state index < -0.39 is 6.04 Å². The standard InChI is InChI=1S/C40H25N5/c41-26-27-20-22-37(45-35-19-11-10-18-32(35)33-25-31(21-23-36(33)45)28-12-4-1-5-13-28)34(24-27)40-43-38(29-14-6-2-7-15-29)42-39(44-40)30-16-8-3-9-17-30/h1-25H/i1D,4D,5D,12D,13D. The Hall–Kier alpha value is -6.38. The van der Waals surface area contributed by atoms with E-state index in [0.717, 1.165) is 38.6 Å². The van der Waals surface area contributed by atoms with Gasteiger partial charge >= 0.3 is 0 Å². The van der Waals surface area contributed by atoms with E-state index in [0.29, 0.717) is 34.2 Å². The van der Waals surface area contributed by atoms with Crippen LogP contribution in [-0.4, -0.2) is 19.5 Å². The molecule has 0 spiro atoms. The second kappa shape index (κ2) is 11.0. The number of rotatable bonds is 5. The number of aromatic nitrogens is 4. The third-order valence-electron chi connectivity index (χ3n) is 7.77. The summed E-state index contributed by atoms with van der Waals surface area (Å²) < 4.78 is 43.7. The molecule has 0 saturated carbocycles. The van der Waals surface area contributed by atoms with Crippen LogP contribution in [0.4, 0.5) is 0 Å². The summed E-state index contributed by atoms with van der Waals surface area (Å²) in [6.07, 6.45) is 0. The van der Waals surface area contributed by atoms with Gasteiger partial charge in [-0.1, -0.05) is 115 Å². The molecule has 2 aromatic heterocycles. The van der Waals surface area contributed by atoms with Crippen molar-refractivity contribution in [2.24, 2.45) is 0 Å². The summed E-state index contributed by atoms with van der Waals surface area (Å²) in [7, 11) is 0. The molecule has 5 heteroatoms. The van der Waals surface area contributed by atoms with Gasteiger partial charge in [0.2, 0.25) is 0 Å². The van der Waals surface area contributed by atoms with Crippen LogP contribution in [0.15, 0.2) is 152 Å². The molecule has 6 aromatic carbocycles. The molecule has 0 aliphatic rings. The number of hydrogen-bond acceptors (Lipinski definition) is 4. The monoisotopic (exact) mass is 580 g/mol. The van der Waals surface area contributed by atoms with Gasteiger partial charge in [-0.2, -0.15) is 5.26 Å². The van der Waals surface area contributed by atoms with E-state index in [1.165, 1.54) is 0 Å². The van der Waals surface area contributed by atoms with Crippen molar-refractivity contribution >= 4 is 21.8 Å². The Balaban J connectivity index is 1.41. The lowest BCUT2D eigenvalue weighted by molar-refractivity contribution is 1.06. The Morgan fingerprint density at radius 3 is 1.84 bits per heavy atom. The van der Waals surface area contributed by atoms with E-state index in [1.807, 2.05) is 103 Å². The fourth-order valence-corrected chi connectivity index (χ4v) is 5.69. The number of para-hydroxylation sites is 1. The molecule has 210 valence electrons. The zero-order chi connectivity index (χ0) is 34.5. The summed E-state index contributed by atoms with van der Waals surface area (Å²) in [5, 5.41) is 11.7. The molecular weight excluding hydrogens is 550 g/mol. The zero-order valence-corrected chi connectivity index (χ0v) is 23.8. The first-order chi connectivity index (χ1) is 24.3. The van der Waals surface area contributed by atoms with Crippen LogP contribution in [0.25, 0.3) is 72.8 Å². The lowest BCUT2D eigenvalue weighted by atomic mass is 10.0. The van der Waals surface area contributed by atoms with Gasteiger partial charge in [0.25, 0.3) is 0 Å². The van der Waals surface area contributed by atoms with Crippen LogP contribution in [0.5, 0.6) is 0 Å². The Bertz CT molecular complexity index is 2580. The Labute approximate surface area is 267 Å². The van der Waals surface area contributed by atoms with Crippen molar-refractivity contribution in [2.45, 2.75) is 0 Å². The molecule has 0 radical (unpaired) electrons. The molecule has 0 N–H and O–H groups in total. The van der Waals surface area contributed by atoms with E-state index in [2.05, 4.69) is 10.6 Å². The van der Waals surface area contributed by atoms with Crippen LogP contribution >= 0.6 is 0 Å². The van der Waals surface area contributed by atoms with E-state index in [4.69, 9.17) is 21.8 Å². The van der Waals surface area contributed by atoms with Gasteiger partial charge in [0.15, 0.2) is 17.5 Å². The van der Waals surface area contributed by atoms with E-state index >= 15 is 0 Å². The maximum Gasteiger partial charge on any atom is 0.166 e. The quantitative estimate of drug-likeness (QED) is 0.203. The minimum absolute atomic E-state index is 0.140. The summed E-state index contributed by atoms with van der Waals surface area (Å²) >= 11 is 0. The van der Waals surface area contributed by atoms with Gasteiger partial charge in [-0.3, -0.25) is 0 Å². The summed E-state index contributed by atoms with van der Waals surface area (Å²) in [5.41, 5.74) is 5.77. The van der Waals surface area contributed by atoms with Crippen molar-refractivity contribution in [1.29, 1.82) is 5.26 Å². The molecule has 0 atom stereocenters. The lowest BCUT2D eigenvalue weighted by Gasteiger charge is -2.15. The molecule has 0 bridgehead atoms. The van der Waals surface area contributed by atoms with Gasteiger partial charge < -0.3 is 4.57 Å². The van der Waals surface area contributed by atoms with Gasteiger partial charge in [0.05, 0.1) is 35.2 Å². The molecule has 0 amide bonds. The van der Waals surface area contributed by atoms with Crippen LogP contribution < -0.4 is 0 Å². The summed E-state index contributed by atoms with van der Waals surface area (Å²) in [4.78, 5) is 14.8. The summed E-state index contributed by atoms with van der Waals surface area (Å²) in [6, 6.07) is 38.8. The predicted molar refractivity (Wildman–Crippen MR) is 181 cm³/mol. The summed E-state index contributed by atoms with van der Waals surface area (Å²) in [6.45, 7) is 0. The van der Waals surface area contributed by atoms with Gasteiger partial charge in [-0.05, 0) is 47.5 Å². The van der Waals surface area contributed by atoms with Crippen LogP contribution in [0.1, 0.15) is 12.4 Å². The zero-order valence-electron chi connectivity index (χ0n) is 28.8. The normalized spacial score (nSPS) is 12.6. The highest BCUT2D eigenvalue weighted by molar-refractivity contribution is 6.11. The van der Waals surface area contributed by atoms with E-state index in [9.17, 15) is 5.26 Å². The van der Waals surface area contributed by atoms with Crippen molar-refractivity contribution in [3.8, 4) is 57.0 Å². The lowest BCUT2D eigenvalue weighted by Crippen LogP contribution is -2.04. The minimum Gasteiger partial charge on any atom is -0.308 e. The molecule has 8 rings (SSSR count). The molecule has 0 aliphatic heterocycles. The maximum absolute atomic E-state index is 10.00. The molecule has 8 aromatic rings. The van der Waals surface area contributed by atoms with Crippen LogP contribution in [0, 0.1) is 11.3 Å². The average molecular weight is 581 g/mol. The Morgan fingerprint density at radius 2 is 1.16 bits per heavy atom. The number of nitrogens with zero attached hydrogens (tertiary/aromatic N) is 5. The largest absolute Gasteiger partial charge is 0.308 e. The van der Waals surface area contributed by atoms with Crippen LogP contribution in [-0.2, 0) is 0 Å². The van der Waals surface area contributed by atoms with Crippen LogP contribution in [0.2, 0.25) is 0 Å². The van der Waals surface area contributed by atoms with Gasteiger partial charge in [0.1, 0.15) is 0 Å². The molecule has 0 fully saturated rings. The molecule has 5 nitrogen and oxygen atoms in total. The van der Waals surface area contributed by atoms with Crippen molar-refractivity contribution in [2.75, 3.05) is 0 Å². The minimum atomic E-state index is -0.432. The molecule has 0 unspecified atom stereocenters. The Kier molecular flexibility index (Phi) is 5.23. The van der Waals surface area contributed by atoms with Crippen molar-refractivity contribution < 1.29 is 6.85 Å². The molecular formula is C40H25N5. The average Bonchev–Trinajstić information content (AvgIpc) is 3.50. The number of fused-ring (bicyclic) bond motifs is 3. The maximum atomic E-state index is 10.00. The van der Waals surface area contributed by atoms with Crippen molar-refractivity contribution in [1.82, 2.24) is 19.5 Å². The topological polar surface area (TPSA) is 67.4 Å². The highest BCUT2D eigenvalue weighted by atomic mass is 15.1. The van der Waals surface area contributed by atoms with Gasteiger partial charge in [0, 0.05) is 27.5 Å². The van der Waals surface area contributed by atoms with Crippen LogP contribution in [0.3, 0.4) is 0 Å². The van der Waals surface area contributed by atoms with E-state index in [1.54, 1.807) is 18.2 Å². The van der Waals surface area contributed by atoms with Crippen molar-refractivity contribution in [3.63, 3.8) is 0 Å². The number of hydrogen-bond donors (Lipinski definition) is 0. The second-order valence-electron chi connectivity index (χ2n) is 10.5. The third kappa shape index (κ3) is 4.71. The molecule has 0 saturated heterocycles. The summed E-state index contributed by atoms with van der Waals surface area (Å²) in [5.74, 6) is 1.38. The van der Waals surface area contributed by atoms with Crippen molar-refractivity contribution in [3.05, 3.63) is 157 Å². The van der Waals surface area contributed by atoms with Gasteiger partial charge in [-0.15, -0.1) is 0 Å². The fourth-order valence-electron chi connectivity index (χ4n) is 5.69. The second-order valence-corrected chi connectivity index (χ2v) is 10.5. The molecule has 45 heavy (non-hydrogen) atoms. The highest BCUT2D eigenvalue weighted by Gasteiger charge is 2.20. The first-order valence-electron chi connectivity index (χ1n) is 16.9. The first-order valence-corrected chi connectivity index (χ1v) is 14.4. The number of benzene rings is 6. The third-order valence-corrected chi connectivity index (χ3v) is 7.77. The molecule has 0 aliphatic carbocycles. The Morgan fingerprint density at radius 1 is 0.533 bits per heavy atom. The van der Waals surface area contributed by atoms with E-state index in [-0.39, 0.29) is 29.7 Å².